The summed E-state index contributed by atoms with van der Waals surface area (Å²) in [5.41, 5.74) is 27.9. The smallest absolute Gasteiger partial charge is 0.335 e. The lowest BCUT2D eigenvalue weighted by Gasteiger charge is -2.09. The molecule has 0 unspecified atom stereocenters. The van der Waals surface area contributed by atoms with Crippen molar-refractivity contribution in [3.63, 3.8) is 0 Å². The molecule has 0 saturated heterocycles. The van der Waals surface area contributed by atoms with Crippen LogP contribution in [0, 0.1) is 62.3 Å². The summed E-state index contributed by atoms with van der Waals surface area (Å²) in [6, 6.07) is 34.4. The van der Waals surface area contributed by atoms with Crippen LogP contribution in [0.15, 0.2) is 151 Å². The number of hydrogen-bond donors (Lipinski definition) is 3. The summed E-state index contributed by atoms with van der Waals surface area (Å²) in [4.78, 5) is 41.8. The number of hydrogen-bond acceptors (Lipinski definition) is 8. The van der Waals surface area contributed by atoms with Gasteiger partial charge in [-0.2, -0.15) is 0 Å². The molecule has 0 fully saturated rings. The molecular weight excluding hydrogens is 1040 g/mol. The Kier molecular flexibility index (Phi) is 24.2. The second kappa shape index (κ2) is 29.1. The van der Waals surface area contributed by atoms with Gasteiger partial charge >= 0.3 is 5.97 Å². The fourth-order valence-corrected chi connectivity index (χ4v) is 7.30. The standard InChI is InChI=1S/C20H20N2O.C10H11N3.C9H9ClO.C9H10O2.C7H8BrN.Cl2OS/c1-14-8-17(11-19(9-14)22-7-6-21-13-22)12-20(23)18-5-4-15(2)16(3)10-18;1-8-4-9(11)6-10(5-8)13-3-2-12-7-13;2*1-6-3-4-8(9(10)11)5-7(6)2;1-5-2-6(8)4-7(9)3-5;1-4(2)3/h4-11,13H,12H2,1-3H3;2-7H,11H2,1H3;3-5H,1-2H3;3-5H,1-2H3,(H,10,11);2-4H,9H2,1H3;. The van der Waals surface area contributed by atoms with Gasteiger partial charge in [-0.3, -0.25) is 9.59 Å². The molecule has 0 amide bonds. The number of nitrogen functional groups attached to an aromatic ring is 2. The number of nitrogens with zero attached hydrogens (tertiary/aromatic N) is 4. The summed E-state index contributed by atoms with van der Waals surface area (Å²) >= 11 is 8.62. The number of imidazole rings is 2. The highest BCUT2D eigenvalue weighted by molar-refractivity contribution is 9.10. The molecule has 6 aromatic carbocycles. The quantitative estimate of drug-likeness (QED) is 0.0796. The number of aromatic nitrogens is 4. The van der Waals surface area contributed by atoms with Gasteiger partial charge in [0.05, 0.1) is 18.2 Å². The average Bonchev–Trinajstić information content (AvgIpc) is 4.03. The maximum Gasteiger partial charge on any atom is 0.335 e. The SMILES string of the molecule is Cc1cc(CC(=O)c2ccc(C)c(C)c2)cc(-n2ccnc2)c1.Cc1cc(N)cc(-n2ccnc2)c1.Cc1cc(N)cc(Br)c1.Cc1ccc(C(=O)Cl)cc1C.Cc1ccc(C(=O)O)cc1C.O=S(Cl)Cl. The number of carbonyl (C=O) groups is 3. The van der Waals surface area contributed by atoms with Crippen LogP contribution in [-0.2, 0) is 15.6 Å². The first-order chi connectivity index (χ1) is 33.4. The molecule has 0 atom stereocenters. The van der Waals surface area contributed by atoms with Crippen molar-refractivity contribution in [3.8, 4) is 11.4 Å². The number of ketones is 1. The molecule has 5 N–H and O–H groups in total. The van der Waals surface area contributed by atoms with E-state index in [0.717, 1.165) is 71.7 Å². The molecule has 8 aromatic rings. The van der Waals surface area contributed by atoms with E-state index in [0.29, 0.717) is 17.5 Å². The number of benzene rings is 6. The van der Waals surface area contributed by atoms with Crippen molar-refractivity contribution < 1.29 is 23.7 Å². The van der Waals surface area contributed by atoms with Gasteiger partial charge < -0.3 is 25.7 Å². The van der Waals surface area contributed by atoms with Crippen LogP contribution >= 0.6 is 48.9 Å². The van der Waals surface area contributed by atoms with Gasteiger partial charge in [-0.05, 0) is 208 Å². The fraction of sp³-hybridized carbons (Fsp3) is 0.182. The Morgan fingerprint density at radius 3 is 1.38 bits per heavy atom. The van der Waals surface area contributed by atoms with Crippen molar-refractivity contribution in [1.29, 1.82) is 0 Å². The summed E-state index contributed by atoms with van der Waals surface area (Å²) < 4.78 is 14.0. The van der Waals surface area contributed by atoms with Gasteiger partial charge in [0.1, 0.15) is 0 Å². The zero-order valence-corrected chi connectivity index (χ0v) is 45.7. The van der Waals surface area contributed by atoms with Gasteiger partial charge in [0.25, 0.3) is 5.24 Å². The number of carboxylic acid groups (broad SMARTS) is 1. The Hall–Kier alpha value is -6.35. The second-order valence-corrected chi connectivity index (χ2v) is 20.3. The predicted molar refractivity (Wildman–Crippen MR) is 297 cm³/mol. The van der Waals surface area contributed by atoms with Gasteiger partial charge in [-0.25, -0.2) is 19.0 Å². The highest BCUT2D eigenvalue weighted by Gasteiger charge is 2.10. The molecule has 2 heterocycles. The molecule has 0 saturated carbocycles. The minimum Gasteiger partial charge on any atom is -0.478 e. The van der Waals surface area contributed by atoms with E-state index in [4.69, 9.17) is 32.4 Å². The second-order valence-electron chi connectivity index (χ2n) is 16.5. The van der Waals surface area contributed by atoms with Crippen molar-refractivity contribution in [2.45, 2.75) is 68.7 Å². The maximum absolute atomic E-state index is 12.6. The molecule has 0 bridgehead atoms. The average molecular weight is 1100 g/mol. The normalized spacial score (nSPS) is 10.1. The van der Waals surface area contributed by atoms with Gasteiger partial charge in [0.2, 0.25) is 9.23 Å². The monoisotopic (exact) mass is 1100 g/mol. The van der Waals surface area contributed by atoms with E-state index < -0.39 is 20.4 Å². The first-order valence-corrected chi connectivity index (χ1v) is 25.8. The number of aromatic carboxylic acids is 1. The number of aryl methyl sites for hydroxylation is 9. The molecule has 0 spiro atoms. The van der Waals surface area contributed by atoms with Gasteiger partial charge in [-0.1, -0.05) is 46.3 Å². The Balaban J connectivity index is 0.000000241. The van der Waals surface area contributed by atoms with E-state index in [-0.39, 0.29) is 5.78 Å². The molecule has 0 radical (unpaired) electrons. The van der Waals surface area contributed by atoms with Crippen LogP contribution in [0.2, 0.25) is 0 Å². The zero-order valence-electron chi connectivity index (χ0n) is 41.0. The molecule has 2 aromatic heterocycles. The molecule has 372 valence electrons. The van der Waals surface area contributed by atoms with Crippen LogP contribution < -0.4 is 11.5 Å². The van der Waals surface area contributed by atoms with Crippen LogP contribution in [0.25, 0.3) is 11.4 Å². The first kappa shape index (κ1) is 59.0. The molecular formula is C55H58BrCl3N6O5S. The lowest BCUT2D eigenvalue weighted by atomic mass is 9.98. The lowest BCUT2D eigenvalue weighted by molar-refractivity contribution is 0.0696. The third-order valence-corrected chi connectivity index (χ3v) is 11.2. The van der Waals surface area contributed by atoms with E-state index in [1.165, 1.54) is 16.7 Å². The van der Waals surface area contributed by atoms with Gasteiger partial charge in [0, 0.05) is 90.9 Å². The molecule has 16 heteroatoms. The third-order valence-electron chi connectivity index (χ3n) is 10.6. The topological polar surface area (TPSA) is 176 Å². The number of nitrogens with two attached hydrogens (primary N) is 2. The third kappa shape index (κ3) is 21.3. The van der Waals surface area contributed by atoms with Crippen molar-refractivity contribution in [1.82, 2.24) is 19.1 Å². The van der Waals surface area contributed by atoms with Crippen LogP contribution in [-0.4, -0.2) is 45.4 Å². The molecule has 0 aliphatic heterocycles. The molecule has 0 aliphatic rings. The number of rotatable bonds is 7. The minimum absolute atomic E-state index is 0.148. The van der Waals surface area contributed by atoms with Gasteiger partial charge in [0.15, 0.2) is 5.78 Å². The Morgan fingerprint density at radius 1 is 0.563 bits per heavy atom. The largest absolute Gasteiger partial charge is 0.478 e. The van der Waals surface area contributed by atoms with Crippen molar-refractivity contribution in [2.24, 2.45) is 0 Å². The summed E-state index contributed by atoms with van der Waals surface area (Å²) in [5.74, 6) is -0.719. The highest BCUT2D eigenvalue weighted by Crippen LogP contribution is 2.19. The Labute approximate surface area is 441 Å². The Bertz CT molecular complexity index is 2940. The van der Waals surface area contributed by atoms with Crippen LogP contribution in [0.1, 0.15) is 86.7 Å². The molecule has 71 heavy (non-hydrogen) atoms. The molecule has 8 rings (SSSR count). The van der Waals surface area contributed by atoms with E-state index in [1.54, 1.807) is 49.3 Å². The van der Waals surface area contributed by atoms with Crippen LogP contribution in [0.5, 0.6) is 0 Å². The summed E-state index contributed by atoms with van der Waals surface area (Å²) in [5, 5.41) is 8.20. The van der Waals surface area contributed by atoms with E-state index in [9.17, 15) is 14.4 Å². The van der Waals surface area contributed by atoms with E-state index in [1.807, 2.05) is 144 Å². The van der Waals surface area contributed by atoms with E-state index in [2.05, 4.69) is 72.4 Å². The Morgan fingerprint density at radius 2 is 0.972 bits per heavy atom. The van der Waals surface area contributed by atoms with Crippen molar-refractivity contribution in [2.75, 3.05) is 11.5 Å². The summed E-state index contributed by atoms with van der Waals surface area (Å²) in [7, 11) is 7.36. The van der Waals surface area contributed by atoms with E-state index >= 15 is 0 Å². The van der Waals surface area contributed by atoms with Crippen LogP contribution in [0.4, 0.5) is 11.4 Å². The van der Waals surface area contributed by atoms with Crippen LogP contribution in [0.3, 0.4) is 0 Å². The van der Waals surface area contributed by atoms with Gasteiger partial charge in [-0.15, -0.1) is 0 Å². The minimum atomic E-state index is -1.67. The number of carboxylic acids is 1. The summed E-state index contributed by atoms with van der Waals surface area (Å²) in [6.45, 7) is 18.0. The number of halogens is 4. The zero-order chi connectivity index (χ0) is 52.9. The fourth-order valence-electron chi connectivity index (χ4n) is 6.56. The number of carbonyl (C=O) groups excluding carboxylic acids is 2. The number of Topliss-reactive ketones (excluding diaryl/α,β-unsaturated/α-hetero) is 1. The van der Waals surface area contributed by atoms with Crippen molar-refractivity contribution in [3.05, 3.63) is 223 Å². The first-order valence-electron chi connectivity index (χ1n) is 21.8. The number of anilines is 2. The molecule has 0 aliphatic carbocycles. The van der Waals surface area contributed by atoms with Crippen molar-refractivity contribution >= 4 is 86.5 Å². The maximum atomic E-state index is 12.6. The predicted octanol–water partition coefficient (Wildman–Crippen LogP) is 14.1. The highest BCUT2D eigenvalue weighted by atomic mass is 79.9. The lowest BCUT2D eigenvalue weighted by Crippen LogP contribution is -2.05. The summed E-state index contributed by atoms with van der Waals surface area (Å²) in [6.07, 6.45) is 11.2. The molecule has 11 nitrogen and oxygen atoms in total.